The Morgan fingerprint density at radius 2 is 1.65 bits per heavy atom. The number of benzene rings is 1. The second kappa shape index (κ2) is 4.26. The molecule has 2 fully saturated rings. The molecule has 0 spiro atoms. The summed E-state index contributed by atoms with van der Waals surface area (Å²) in [5, 5.41) is 8.56. The molecule has 1 N–H and O–H groups in total. The van der Waals surface area contributed by atoms with Crippen LogP contribution < -0.4 is 0 Å². The average molecular weight is 228 g/mol. The first kappa shape index (κ1) is 11.0. The predicted octanol–water partition coefficient (Wildman–Crippen LogP) is 3.07. The van der Waals surface area contributed by atoms with Crippen molar-refractivity contribution >= 4 is 5.71 Å². The van der Waals surface area contributed by atoms with Crippen LogP contribution in [-0.2, 0) is 0 Å². The molecule has 2 nitrogen and oxygen atoms in total. The molecule has 1 heterocycles. The first-order valence-electron chi connectivity index (χ1n) is 6.72. The van der Waals surface area contributed by atoms with Gasteiger partial charge in [0, 0.05) is 0 Å². The molecule has 0 aromatic heterocycles. The number of hydrogen-bond donors (Lipinski definition) is 1. The maximum absolute atomic E-state index is 8.56. The van der Waals surface area contributed by atoms with E-state index in [1.807, 2.05) is 18.2 Å². The zero-order valence-electron chi connectivity index (χ0n) is 10.3. The van der Waals surface area contributed by atoms with E-state index in [2.05, 4.69) is 17.0 Å². The largest absolute Gasteiger partial charge is 0.303 e. The number of nitrogens with one attached hydrogen (secondary N) is 1. The first-order chi connectivity index (χ1) is 8.33. The Balaban J connectivity index is 1.88. The Bertz CT molecular complexity index is 400. The third kappa shape index (κ3) is 1.71. The van der Waals surface area contributed by atoms with Crippen LogP contribution in [0.25, 0.3) is 0 Å². The quantitative estimate of drug-likeness (QED) is 0.791. The van der Waals surface area contributed by atoms with Crippen molar-refractivity contribution in [1.82, 2.24) is 4.90 Å². The van der Waals surface area contributed by atoms with E-state index in [4.69, 9.17) is 5.41 Å². The monoisotopic (exact) mass is 228 g/mol. The summed E-state index contributed by atoms with van der Waals surface area (Å²) < 4.78 is 0. The highest BCUT2D eigenvalue weighted by molar-refractivity contribution is 6.05. The van der Waals surface area contributed by atoms with Crippen LogP contribution in [0.1, 0.15) is 37.7 Å². The fraction of sp³-hybridized carbons (Fsp3) is 0.533. The SMILES string of the molecule is N=C(c1ccccc1)C1(N2CCCC2)CCC1. The van der Waals surface area contributed by atoms with Gasteiger partial charge in [0.05, 0.1) is 11.3 Å². The van der Waals surface area contributed by atoms with E-state index in [0.717, 1.165) is 11.3 Å². The molecule has 1 saturated carbocycles. The normalized spacial score (nSPS) is 23.3. The summed E-state index contributed by atoms with van der Waals surface area (Å²) in [6.07, 6.45) is 6.26. The second-order valence-electron chi connectivity index (χ2n) is 5.32. The molecular weight excluding hydrogens is 208 g/mol. The lowest BCUT2D eigenvalue weighted by molar-refractivity contribution is 0.102. The minimum atomic E-state index is 0.0812. The van der Waals surface area contributed by atoms with E-state index >= 15 is 0 Å². The average Bonchev–Trinajstić information content (AvgIpc) is 2.83. The highest BCUT2D eigenvalue weighted by Gasteiger charge is 2.46. The summed E-state index contributed by atoms with van der Waals surface area (Å²) in [5.41, 5.74) is 2.04. The van der Waals surface area contributed by atoms with Gasteiger partial charge in [-0.25, -0.2) is 0 Å². The molecule has 1 aliphatic carbocycles. The summed E-state index contributed by atoms with van der Waals surface area (Å²) in [6, 6.07) is 10.3. The van der Waals surface area contributed by atoms with Gasteiger partial charge in [-0.1, -0.05) is 30.3 Å². The highest BCUT2D eigenvalue weighted by atomic mass is 15.2. The van der Waals surface area contributed by atoms with Gasteiger partial charge >= 0.3 is 0 Å². The Morgan fingerprint density at radius 1 is 1.00 bits per heavy atom. The molecular formula is C15H20N2. The van der Waals surface area contributed by atoms with Gasteiger partial charge < -0.3 is 5.41 Å². The van der Waals surface area contributed by atoms with Crippen molar-refractivity contribution in [3.8, 4) is 0 Å². The number of nitrogens with zero attached hydrogens (tertiary/aromatic N) is 1. The van der Waals surface area contributed by atoms with Crippen LogP contribution in [0.4, 0.5) is 0 Å². The molecule has 1 aliphatic heterocycles. The fourth-order valence-corrected chi connectivity index (χ4v) is 3.25. The minimum Gasteiger partial charge on any atom is -0.303 e. The van der Waals surface area contributed by atoms with Gasteiger partial charge in [0.1, 0.15) is 0 Å². The molecule has 0 atom stereocenters. The van der Waals surface area contributed by atoms with Gasteiger partial charge in [0.15, 0.2) is 0 Å². The van der Waals surface area contributed by atoms with Crippen LogP contribution in [-0.4, -0.2) is 29.2 Å². The molecule has 2 heteroatoms. The van der Waals surface area contributed by atoms with Crippen molar-refractivity contribution in [2.45, 2.75) is 37.6 Å². The lowest BCUT2D eigenvalue weighted by atomic mass is 9.70. The molecule has 0 bridgehead atoms. The summed E-state index contributed by atoms with van der Waals surface area (Å²) in [5.74, 6) is 0. The summed E-state index contributed by atoms with van der Waals surface area (Å²) >= 11 is 0. The predicted molar refractivity (Wildman–Crippen MR) is 70.7 cm³/mol. The maximum atomic E-state index is 8.56. The zero-order valence-corrected chi connectivity index (χ0v) is 10.3. The minimum absolute atomic E-state index is 0.0812. The van der Waals surface area contributed by atoms with E-state index in [-0.39, 0.29) is 5.54 Å². The van der Waals surface area contributed by atoms with Crippen molar-refractivity contribution < 1.29 is 0 Å². The van der Waals surface area contributed by atoms with E-state index in [1.54, 1.807) is 0 Å². The van der Waals surface area contributed by atoms with Crippen LogP contribution in [0.2, 0.25) is 0 Å². The molecule has 0 amide bonds. The van der Waals surface area contributed by atoms with E-state index in [0.29, 0.717) is 0 Å². The van der Waals surface area contributed by atoms with Crippen molar-refractivity contribution in [2.75, 3.05) is 13.1 Å². The van der Waals surface area contributed by atoms with Crippen molar-refractivity contribution in [3.05, 3.63) is 35.9 Å². The number of likely N-dealkylation sites (tertiary alicyclic amines) is 1. The summed E-state index contributed by atoms with van der Waals surface area (Å²) in [4.78, 5) is 2.56. The highest BCUT2D eigenvalue weighted by Crippen LogP contribution is 2.42. The lowest BCUT2D eigenvalue weighted by Crippen LogP contribution is -2.58. The first-order valence-corrected chi connectivity index (χ1v) is 6.72. The Hall–Kier alpha value is -1.15. The number of rotatable bonds is 3. The van der Waals surface area contributed by atoms with Crippen molar-refractivity contribution in [1.29, 1.82) is 5.41 Å². The Labute approximate surface area is 103 Å². The van der Waals surface area contributed by atoms with Gasteiger partial charge in [-0.2, -0.15) is 0 Å². The van der Waals surface area contributed by atoms with Gasteiger partial charge in [-0.3, -0.25) is 4.90 Å². The van der Waals surface area contributed by atoms with Crippen LogP contribution in [0, 0.1) is 5.41 Å². The Morgan fingerprint density at radius 3 is 2.18 bits per heavy atom. The van der Waals surface area contributed by atoms with Gasteiger partial charge in [-0.05, 0) is 50.8 Å². The van der Waals surface area contributed by atoms with Crippen LogP contribution in [0.15, 0.2) is 30.3 Å². The van der Waals surface area contributed by atoms with Crippen LogP contribution in [0.3, 0.4) is 0 Å². The summed E-state index contributed by atoms with van der Waals surface area (Å²) in [7, 11) is 0. The fourth-order valence-electron chi connectivity index (χ4n) is 3.25. The summed E-state index contributed by atoms with van der Waals surface area (Å²) in [6.45, 7) is 2.38. The lowest BCUT2D eigenvalue weighted by Gasteiger charge is -2.49. The molecule has 0 unspecified atom stereocenters. The maximum Gasteiger partial charge on any atom is 0.0632 e. The van der Waals surface area contributed by atoms with Gasteiger partial charge in [0.2, 0.25) is 0 Å². The molecule has 1 aromatic carbocycles. The molecule has 90 valence electrons. The topological polar surface area (TPSA) is 27.1 Å². The van der Waals surface area contributed by atoms with Crippen LogP contribution in [0.5, 0.6) is 0 Å². The van der Waals surface area contributed by atoms with E-state index in [1.165, 1.54) is 45.2 Å². The third-order valence-corrected chi connectivity index (χ3v) is 4.42. The smallest absolute Gasteiger partial charge is 0.0632 e. The van der Waals surface area contributed by atoms with Gasteiger partial charge in [-0.15, -0.1) is 0 Å². The molecule has 1 saturated heterocycles. The molecule has 2 aliphatic rings. The van der Waals surface area contributed by atoms with Crippen LogP contribution >= 0.6 is 0 Å². The van der Waals surface area contributed by atoms with Gasteiger partial charge in [0.25, 0.3) is 0 Å². The molecule has 0 radical (unpaired) electrons. The van der Waals surface area contributed by atoms with E-state index < -0.39 is 0 Å². The molecule has 3 rings (SSSR count). The van der Waals surface area contributed by atoms with Crippen molar-refractivity contribution in [3.63, 3.8) is 0 Å². The molecule has 17 heavy (non-hydrogen) atoms. The van der Waals surface area contributed by atoms with E-state index in [9.17, 15) is 0 Å². The standard InChI is InChI=1S/C15H20N2/c16-14(13-7-2-1-3-8-13)15(9-6-10-15)17-11-4-5-12-17/h1-3,7-8,16H,4-6,9-12H2. The second-order valence-corrected chi connectivity index (χ2v) is 5.32. The Kier molecular flexibility index (Phi) is 2.75. The zero-order chi connectivity index (χ0) is 11.7. The molecule has 1 aromatic rings. The van der Waals surface area contributed by atoms with Crippen molar-refractivity contribution in [2.24, 2.45) is 0 Å². The third-order valence-electron chi connectivity index (χ3n) is 4.42. The number of hydrogen-bond acceptors (Lipinski definition) is 2.